The van der Waals surface area contributed by atoms with Gasteiger partial charge in [0.25, 0.3) is 5.91 Å². The highest BCUT2D eigenvalue weighted by atomic mass is 35.5. The molecule has 1 heterocycles. The Morgan fingerprint density at radius 3 is 2.56 bits per heavy atom. The van der Waals surface area contributed by atoms with Crippen molar-refractivity contribution in [2.45, 2.75) is 20.3 Å². The van der Waals surface area contributed by atoms with E-state index in [4.69, 9.17) is 31.2 Å². The molecule has 1 aromatic carbocycles. The molecule has 0 saturated heterocycles. The van der Waals surface area contributed by atoms with E-state index < -0.39 is 17.8 Å². The summed E-state index contributed by atoms with van der Waals surface area (Å²) in [7, 11) is 0. The van der Waals surface area contributed by atoms with Gasteiger partial charge in [0.1, 0.15) is 22.6 Å². The summed E-state index contributed by atoms with van der Waals surface area (Å²) in [5.74, 6) is -1.81. The minimum atomic E-state index is -0.919. The number of primary amides is 1. The number of anilines is 1. The molecule has 0 spiro atoms. The van der Waals surface area contributed by atoms with E-state index >= 15 is 0 Å². The van der Waals surface area contributed by atoms with Gasteiger partial charge >= 0.3 is 5.97 Å². The van der Waals surface area contributed by atoms with Gasteiger partial charge in [0.15, 0.2) is 0 Å². The number of carbonyl (C=O) groups is 3. The molecular weight excluding hydrogens is 376 g/mol. The second-order valence-corrected chi connectivity index (χ2v) is 5.81. The molecule has 2 aromatic rings. The Hall–Kier alpha value is -3.00. The van der Waals surface area contributed by atoms with Gasteiger partial charge in [0, 0.05) is 0 Å². The summed E-state index contributed by atoms with van der Waals surface area (Å²) in [5.41, 5.74) is 5.00. The van der Waals surface area contributed by atoms with Gasteiger partial charge in [-0.15, -0.1) is 0 Å². The zero-order chi connectivity index (χ0) is 20.0. The number of nitrogens with two attached hydrogens (primary N) is 1. The number of hydrogen-bond donors (Lipinski definition) is 2. The van der Waals surface area contributed by atoms with Crippen molar-refractivity contribution in [3.63, 3.8) is 0 Å². The number of ether oxygens (including phenoxy) is 2. The number of rotatable bonds is 8. The first-order chi connectivity index (χ1) is 12.8. The Morgan fingerprint density at radius 1 is 1.22 bits per heavy atom. The molecule has 1 aromatic heterocycles. The molecule has 0 atom stereocenters. The lowest BCUT2D eigenvalue weighted by atomic mass is 10.1. The lowest BCUT2D eigenvalue weighted by Crippen LogP contribution is -2.21. The summed E-state index contributed by atoms with van der Waals surface area (Å²) in [6.07, 6.45) is -0.0437. The highest BCUT2D eigenvalue weighted by molar-refractivity contribution is 6.32. The van der Waals surface area contributed by atoms with E-state index in [9.17, 15) is 14.4 Å². The van der Waals surface area contributed by atoms with Crippen molar-refractivity contribution in [1.29, 1.82) is 0 Å². The van der Waals surface area contributed by atoms with Crippen molar-refractivity contribution in [3.05, 3.63) is 46.2 Å². The Balaban J connectivity index is 2.06. The molecule has 2 amide bonds. The topological polar surface area (TPSA) is 121 Å². The fraction of sp³-hybridized carbons (Fsp3) is 0.278. The maximum absolute atomic E-state index is 12.1. The summed E-state index contributed by atoms with van der Waals surface area (Å²) in [6, 6.07) is 6.85. The molecule has 3 N–H and O–H groups in total. The molecule has 0 radical (unpaired) electrons. The van der Waals surface area contributed by atoms with Gasteiger partial charge in [-0.1, -0.05) is 23.7 Å². The maximum atomic E-state index is 12.1. The van der Waals surface area contributed by atoms with Crippen LogP contribution >= 0.6 is 11.6 Å². The number of halogens is 1. The molecule has 0 aliphatic carbocycles. The number of amides is 2. The van der Waals surface area contributed by atoms with E-state index in [2.05, 4.69) is 5.32 Å². The average Bonchev–Trinajstić information content (AvgIpc) is 2.93. The number of carbonyl (C=O) groups excluding carboxylic acids is 3. The highest BCUT2D eigenvalue weighted by Gasteiger charge is 2.29. The number of nitrogens with one attached hydrogen (secondary N) is 1. The van der Waals surface area contributed by atoms with Crippen LogP contribution in [0.4, 0.5) is 5.88 Å². The smallest absolute Gasteiger partial charge is 0.342 e. The van der Waals surface area contributed by atoms with E-state index in [0.717, 1.165) is 0 Å². The first kappa shape index (κ1) is 20.3. The van der Waals surface area contributed by atoms with Crippen LogP contribution in [-0.2, 0) is 9.53 Å². The van der Waals surface area contributed by atoms with Crippen LogP contribution in [0, 0.1) is 6.92 Å². The Morgan fingerprint density at radius 2 is 1.93 bits per heavy atom. The molecule has 0 bridgehead atoms. The van der Waals surface area contributed by atoms with Crippen LogP contribution in [0.5, 0.6) is 5.75 Å². The monoisotopic (exact) mass is 394 g/mol. The molecular formula is C18H19ClN2O6. The van der Waals surface area contributed by atoms with Crippen molar-refractivity contribution in [3.8, 4) is 5.75 Å². The molecule has 2 rings (SSSR count). The van der Waals surface area contributed by atoms with Gasteiger partial charge in [-0.2, -0.15) is 0 Å². The predicted octanol–water partition coefficient (Wildman–Crippen LogP) is 2.92. The number of hydrogen-bond acceptors (Lipinski definition) is 6. The lowest BCUT2D eigenvalue weighted by Gasteiger charge is -2.08. The van der Waals surface area contributed by atoms with Crippen molar-refractivity contribution in [2.24, 2.45) is 5.73 Å². The third-order valence-electron chi connectivity index (χ3n) is 3.49. The Labute approximate surface area is 160 Å². The normalized spacial score (nSPS) is 10.3. The van der Waals surface area contributed by atoms with E-state index in [0.29, 0.717) is 10.8 Å². The van der Waals surface area contributed by atoms with Crippen LogP contribution in [0.25, 0.3) is 0 Å². The first-order valence-corrected chi connectivity index (χ1v) is 8.50. The van der Waals surface area contributed by atoms with Crippen LogP contribution in [0.1, 0.15) is 39.8 Å². The van der Waals surface area contributed by atoms with Crippen LogP contribution in [0.15, 0.2) is 28.7 Å². The molecule has 9 heteroatoms. The third-order valence-corrected chi connectivity index (χ3v) is 3.80. The SMILES string of the molecule is CCOC(=O)c1c(C)oc(NC(=O)CCOc2ccccc2Cl)c1C(N)=O. The van der Waals surface area contributed by atoms with Crippen molar-refractivity contribution in [2.75, 3.05) is 18.5 Å². The van der Waals surface area contributed by atoms with Gasteiger partial charge in [-0.25, -0.2) is 4.79 Å². The number of aryl methyl sites for hydroxylation is 1. The second-order valence-electron chi connectivity index (χ2n) is 5.40. The average molecular weight is 395 g/mol. The van der Waals surface area contributed by atoms with Crippen molar-refractivity contribution >= 4 is 35.3 Å². The summed E-state index contributed by atoms with van der Waals surface area (Å²) < 4.78 is 15.7. The molecule has 0 saturated carbocycles. The first-order valence-electron chi connectivity index (χ1n) is 8.12. The van der Waals surface area contributed by atoms with Crippen LogP contribution in [0.2, 0.25) is 5.02 Å². The Kier molecular flexibility index (Phi) is 6.84. The fourth-order valence-corrected chi connectivity index (χ4v) is 2.51. The van der Waals surface area contributed by atoms with Gasteiger partial charge in [0.2, 0.25) is 11.8 Å². The van der Waals surface area contributed by atoms with Gasteiger partial charge in [-0.3, -0.25) is 14.9 Å². The number of para-hydroxylation sites is 1. The van der Waals surface area contributed by atoms with E-state index in [1.165, 1.54) is 6.92 Å². The Bertz CT molecular complexity index is 862. The van der Waals surface area contributed by atoms with E-state index in [-0.39, 0.29) is 42.4 Å². The predicted molar refractivity (Wildman–Crippen MR) is 98.1 cm³/mol. The van der Waals surface area contributed by atoms with Crippen molar-refractivity contribution in [1.82, 2.24) is 0 Å². The summed E-state index contributed by atoms with van der Waals surface area (Å²) >= 11 is 5.96. The maximum Gasteiger partial charge on any atom is 0.342 e. The van der Waals surface area contributed by atoms with Crippen LogP contribution in [0.3, 0.4) is 0 Å². The van der Waals surface area contributed by atoms with Crippen LogP contribution in [-0.4, -0.2) is 31.0 Å². The van der Waals surface area contributed by atoms with Crippen molar-refractivity contribution < 1.29 is 28.3 Å². The molecule has 0 unspecified atom stereocenters. The molecule has 27 heavy (non-hydrogen) atoms. The molecule has 0 aliphatic heterocycles. The standard InChI is InChI=1S/C18H19ClN2O6/c1-3-25-18(24)14-10(2)27-17(15(14)16(20)23)21-13(22)8-9-26-12-7-5-4-6-11(12)19/h4-7H,3,8-9H2,1-2H3,(H2,20,23)(H,21,22). The van der Waals surface area contributed by atoms with E-state index in [1.54, 1.807) is 31.2 Å². The minimum Gasteiger partial charge on any atom is -0.491 e. The van der Waals surface area contributed by atoms with Crippen LogP contribution < -0.4 is 15.8 Å². The highest BCUT2D eigenvalue weighted by Crippen LogP contribution is 2.28. The van der Waals surface area contributed by atoms with Gasteiger partial charge in [-0.05, 0) is 26.0 Å². The molecule has 0 aliphatic rings. The van der Waals surface area contributed by atoms with Gasteiger partial charge in [0.05, 0.1) is 24.7 Å². The minimum absolute atomic E-state index is 0.0437. The van der Waals surface area contributed by atoms with E-state index in [1.807, 2.05) is 0 Å². The fourth-order valence-electron chi connectivity index (χ4n) is 2.32. The molecule has 8 nitrogen and oxygen atoms in total. The number of benzene rings is 1. The lowest BCUT2D eigenvalue weighted by molar-refractivity contribution is -0.116. The second kappa shape index (κ2) is 9.09. The summed E-state index contributed by atoms with van der Waals surface area (Å²) in [6.45, 7) is 3.25. The largest absolute Gasteiger partial charge is 0.491 e. The quantitative estimate of drug-likeness (QED) is 0.664. The summed E-state index contributed by atoms with van der Waals surface area (Å²) in [5, 5.41) is 2.85. The summed E-state index contributed by atoms with van der Waals surface area (Å²) in [4.78, 5) is 35.9. The number of furan rings is 1. The molecule has 144 valence electrons. The zero-order valence-corrected chi connectivity index (χ0v) is 15.6. The zero-order valence-electron chi connectivity index (χ0n) is 14.8. The molecule has 0 fully saturated rings. The number of esters is 1. The third kappa shape index (κ3) is 5.01. The van der Waals surface area contributed by atoms with Gasteiger partial charge < -0.3 is 19.6 Å².